The number of aryl methyl sites for hydroxylation is 5. The zero-order valence-corrected chi connectivity index (χ0v) is 22.3. The Balaban J connectivity index is 1.43. The number of rotatable bonds is 10. The van der Waals surface area contributed by atoms with Gasteiger partial charge in [-0.2, -0.15) is 5.10 Å². The summed E-state index contributed by atoms with van der Waals surface area (Å²) in [6, 6.07) is 10.4. The van der Waals surface area contributed by atoms with Crippen LogP contribution in [0.2, 0.25) is 0 Å². The van der Waals surface area contributed by atoms with E-state index in [-0.39, 0.29) is 0 Å². The number of hydrogen-bond donors (Lipinski definition) is 2. The molecule has 8 nitrogen and oxygen atoms in total. The molecule has 2 heterocycles. The maximum absolute atomic E-state index is 5.40. The molecule has 0 spiro atoms. The van der Waals surface area contributed by atoms with Crippen molar-refractivity contribution in [3.63, 3.8) is 0 Å². The first-order valence-electron chi connectivity index (χ1n) is 12.3. The SMILES string of the molecule is COc1ccc(CCNCCNc2nc(C)nc3c(-c4c(C)cc(C)cc4C)nn(C)c23)cc1OC. The lowest BCUT2D eigenvalue weighted by Gasteiger charge is -2.11. The van der Waals surface area contributed by atoms with Crippen molar-refractivity contribution in [2.75, 3.05) is 39.2 Å². The summed E-state index contributed by atoms with van der Waals surface area (Å²) in [7, 11) is 5.26. The number of anilines is 1. The van der Waals surface area contributed by atoms with Crippen LogP contribution in [-0.4, -0.2) is 53.6 Å². The topological polar surface area (TPSA) is 86.1 Å². The minimum atomic E-state index is 0.725. The van der Waals surface area contributed by atoms with Gasteiger partial charge < -0.3 is 20.1 Å². The minimum absolute atomic E-state index is 0.725. The number of nitrogens with one attached hydrogen (secondary N) is 2. The van der Waals surface area contributed by atoms with Gasteiger partial charge >= 0.3 is 0 Å². The Kier molecular flexibility index (Phi) is 7.74. The van der Waals surface area contributed by atoms with Gasteiger partial charge in [0.2, 0.25) is 0 Å². The largest absolute Gasteiger partial charge is 0.493 e. The van der Waals surface area contributed by atoms with E-state index in [0.717, 1.165) is 71.5 Å². The highest BCUT2D eigenvalue weighted by atomic mass is 16.5. The average molecular weight is 489 g/mol. The molecule has 0 fully saturated rings. The van der Waals surface area contributed by atoms with Gasteiger partial charge in [-0.25, -0.2) is 9.97 Å². The molecule has 0 saturated heterocycles. The predicted molar refractivity (Wildman–Crippen MR) is 145 cm³/mol. The highest BCUT2D eigenvalue weighted by molar-refractivity contribution is 5.97. The molecule has 0 amide bonds. The van der Waals surface area contributed by atoms with Crippen LogP contribution >= 0.6 is 0 Å². The van der Waals surface area contributed by atoms with Gasteiger partial charge in [-0.15, -0.1) is 0 Å². The first-order valence-corrected chi connectivity index (χ1v) is 12.3. The second kappa shape index (κ2) is 11.0. The highest BCUT2D eigenvalue weighted by Gasteiger charge is 2.20. The summed E-state index contributed by atoms with van der Waals surface area (Å²) in [6.45, 7) is 10.7. The zero-order valence-electron chi connectivity index (χ0n) is 22.3. The maximum Gasteiger partial charge on any atom is 0.160 e. The maximum atomic E-state index is 5.40. The van der Waals surface area contributed by atoms with E-state index in [1.54, 1.807) is 14.2 Å². The molecule has 0 atom stereocenters. The van der Waals surface area contributed by atoms with Crippen LogP contribution in [0, 0.1) is 27.7 Å². The first-order chi connectivity index (χ1) is 17.3. The molecule has 36 heavy (non-hydrogen) atoms. The van der Waals surface area contributed by atoms with E-state index in [9.17, 15) is 0 Å². The molecule has 190 valence electrons. The molecule has 0 radical (unpaired) electrons. The van der Waals surface area contributed by atoms with Crippen molar-refractivity contribution in [3.05, 3.63) is 58.4 Å². The molecular weight excluding hydrogens is 452 g/mol. The minimum Gasteiger partial charge on any atom is -0.493 e. The van der Waals surface area contributed by atoms with Crippen LogP contribution in [0.25, 0.3) is 22.3 Å². The van der Waals surface area contributed by atoms with Crippen LogP contribution in [0.5, 0.6) is 11.5 Å². The summed E-state index contributed by atoms with van der Waals surface area (Å²) in [6.07, 6.45) is 0.900. The van der Waals surface area contributed by atoms with Gasteiger partial charge in [-0.05, 0) is 69.5 Å². The lowest BCUT2D eigenvalue weighted by atomic mass is 9.97. The molecule has 4 aromatic rings. The van der Waals surface area contributed by atoms with Gasteiger partial charge in [0.15, 0.2) is 17.3 Å². The quantitative estimate of drug-likeness (QED) is 0.317. The van der Waals surface area contributed by atoms with Crippen molar-refractivity contribution in [2.24, 2.45) is 7.05 Å². The Morgan fingerprint density at radius 2 is 1.58 bits per heavy atom. The fourth-order valence-corrected chi connectivity index (χ4v) is 4.79. The molecule has 0 aliphatic heterocycles. The number of hydrogen-bond acceptors (Lipinski definition) is 7. The number of methoxy groups -OCH3 is 2. The van der Waals surface area contributed by atoms with Gasteiger partial charge in [0.25, 0.3) is 0 Å². The van der Waals surface area contributed by atoms with Gasteiger partial charge in [0.05, 0.1) is 14.2 Å². The van der Waals surface area contributed by atoms with E-state index in [1.165, 1.54) is 22.3 Å². The normalized spacial score (nSPS) is 11.2. The molecule has 0 saturated carbocycles. The Morgan fingerprint density at radius 1 is 0.861 bits per heavy atom. The number of benzene rings is 2. The van der Waals surface area contributed by atoms with Crippen molar-refractivity contribution in [2.45, 2.75) is 34.1 Å². The van der Waals surface area contributed by atoms with Gasteiger partial charge in [0, 0.05) is 25.7 Å². The monoisotopic (exact) mass is 488 g/mol. The third-order valence-electron chi connectivity index (χ3n) is 6.34. The van der Waals surface area contributed by atoms with E-state index in [2.05, 4.69) is 49.6 Å². The number of nitrogens with zero attached hydrogens (tertiary/aromatic N) is 4. The summed E-state index contributed by atoms with van der Waals surface area (Å²) in [4.78, 5) is 9.48. The Morgan fingerprint density at radius 3 is 2.28 bits per heavy atom. The third-order valence-corrected chi connectivity index (χ3v) is 6.34. The lowest BCUT2D eigenvalue weighted by molar-refractivity contribution is 0.354. The number of ether oxygens (including phenoxy) is 2. The van der Waals surface area contributed by atoms with E-state index < -0.39 is 0 Å². The Hall–Kier alpha value is -3.65. The smallest absolute Gasteiger partial charge is 0.160 e. The standard InChI is InChI=1S/C28H36N6O2/c1-17-14-18(2)24(19(3)15-17)25-26-27(34(5)33-25)28(32-20(4)31-26)30-13-12-29-11-10-21-8-9-22(35-6)23(16-21)36-7/h8-9,14-16,29H,10-13H2,1-7H3,(H,30,31,32). The first kappa shape index (κ1) is 25.4. The third kappa shape index (κ3) is 5.28. The summed E-state index contributed by atoms with van der Waals surface area (Å²) >= 11 is 0. The van der Waals surface area contributed by atoms with Crippen LogP contribution in [0.1, 0.15) is 28.1 Å². The van der Waals surface area contributed by atoms with E-state index in [1.807, 2.05) is 30.8 Å². The highest BCUT2D eigenvalue weighted by Crippen LogP contribution is 2.34. The fraction of sp³-hybridized carbons (Fsp3) is 0.393. The van der Waals surface area contributed by atoms with Crippen molar-refractivity contribution < 1.29 is 9.47 Å². The van der Waals surface area contributed by atoms with Crippen molar-refractivity contribution in [1.29, 1.82) is 0 Å². The Bertz CT molecular complexity index is 1360. The lowest BCUT2D eigenvalue weighted by Crippen LogP contribution is -2.24. The predicted octanol–water partition coefficient (Wildman–Crippen LogP) is 4.53. The number of fused-ring (bicyclic) bond motifs is 1. The van der Waals surface area contributed by atoms with Crippen LogP contribution < -0.4 is 20.1 Å². The molecule has 2 aromatic carbocycles. The van der Waals surface area contributed by atoms with Crippen LogP contribution in [0.15, 0.2) is 30.3 Å². The van der Waals surface area contributed by atoms with Gasteiger partial charge in [0.1, 0.15) is 22.6 Å². The molecule has 8 heteroatoms. The second-order valence-corrected chi connectivity index (χ2v) is 9.18. The fourth-order valence-electron chi connectivity index (χ4n) is 4.79. The Labute approximate surface area is 213 Å². The molecule has 0 unspecified atom stereocenters. The molecule has 4 rings (SSSR count). The van der Waals surface area contributed by atoms with Crippen molar-refractivity contribution >= 4 is 16.9 Å². The van der Waals surface area contributed by atoms with Crippen molar-refractivity contribution in [1.82, 2.24) is 25.1 Å². The summed E-state index contributed by atoms with van der Waals surface area (Å²) in [5.41, 5.74) is 8.71. The van der Waals surface area contributed by atoms with Crippen molar-refractivity contribution in [3.8, 4) is 22.8 Å². The van der Waals surface area contributed by atoms with E-state index >= 15 is 0 Å². The zero-order chi connectivity index (χ0) is 25.8. The van der Waals surface area contributed by atoms with Crippen LogP contribution in [0.4, 0.5) is 5.82 Å². The van der Waals surface area contributed by atoms with Crippen LogP contribution in [0.3, 0.4) is 0 Å². The molecule has 2 aromatic heterocycles. The summed E-state index contributed by atoms with van der Waals surface area (Å²) in [5, 5.41) is 11.9. The van der Waals surface area contributed by atoms with Gasteiger partial charge in [-0.1, -0.05) is 23.8 Å². The molecule has 0 aliphatic carbocycles. The molecule has 0 aliphatic rings. The van der Waals surface area contributed by atoms with Gasteiger partial charge in [-0.3, -0.25) is 4.68 Å². The van der Waals surface area contributed by atoms with E-state index in [4.69, 9.17) is 24.5 Å². The molecule has 2 N–H and O–H groups in total. The van der Waals surface area contributed by atoms with E-state index in [0.29, 0.717) is 0 Å². The second-order valence-electron chi connectivity index (χ2n) is 9.18. The summed E-state index contributed by atoms with van der Waals surface area (Å²) in [5.74, 6) is 3.04. The average Bonchev–Trinajstić information content (AvgIpc) is 3.15. The number of aromatic nitrogens is 4. The molecule has 0 bridgehead atoms. The molecular formula is C28H36N6O2. The summed E-state index contributed by atoms with van der Waals surface area (Å²) < 4.78 is 12.6. The van der Waals surface area contributed by atoms with Crippen LogP contribution in [-0.2, 0) is 13.5 Å².